The minimum atomic E-state index is -4.24. The summed E-state index contributed by atoms with van der Waals surface area (Å²) in [7, 11) is 0. The molecule has 2 rings (SSSR count). The Balaban J connectivity index is 1.81. The molecule has 0 aliphatic heterocycles. The molecule has 1 N–H and O–H groups in total. The van der Waals surface area contributed by atoms with Crippen LogP contribution in [0.15, 0.2) is 30.3 Å². The summed E-state index contributed by atoms with van der Waals surface area (Å²) in [6, 6.07) is 10.5. The standard InChI is InChI=1S/C16H22F3NO/c1-12(13-6-3-2-4-7-13)20-14-8-5-9-15(10-14)21-11-16(17,18)19/h2-4,6-7,12,14-15,20H,5,8-11H2,1H3. The third-order valence-electron chi connectivity index (χ3n) is 3.89. The van der Waals surface area contributed by atoms with E-state index in [9.17, 15) is 13.2 Å². The van der Waals surface area contributed by atoms with Gasteiger partial charge < -0.3 is 10.1 Å². The summed E-state index contributed by atoms with van der Waals surface area (Å²) in [6.07, 6.45) is -1.27. The third-order valence-corrected chi connectivity index (χ3v) is 3.89. The van der Waals surface area contributed by atoms with Gasteiger partial charge in [-0.25, -0.2) is 0 Å². The predicted molar refractivity (Wildman–Crippen MR) is 76.0 cm³/mol. The van der Waals surface area contributed by atoms with E-state index in [1.807, 2.05) is 18.2 Å². The molecule has 1 aromatic carbocycles. The van der Waals surface area contributed by atoms with Crippen LogP contribution in [0.25, 0.3) is 0 Å². The molecule has 0 amide bonds. The number of nitrogens with one attached hydrogen (secondary N) is 1. The zero-order valence-electron chi connectivity index (χ0n) is 12.2. The van der Waals surface area contributed by atoms with E-state index >= 15 is 0 Å². The number of hydrogen-bond acceptors (Lipinski definition) is 2. The SMILES string of the molecule is CC(NC1CCCC(OCC(F)(F)F)C1)c1ccccc1. The molecule has 3 unspecified atom stereocenters. The van der Waals surface area contributed by atoms with Crippen molar-refractivity contribution in [3.05, 3.63) is 35.9 Å². The van der Waals surface area contributed by atoms with Crippen molar-refractivity contribution in [2.24, 2.45) is 0 Å². The predicted octanol–water partition coefficient (Wildman–Crippen LogP) is 4.23. The van der Waals surface area contributed by atoms with Crippen molar-refractivity contribution in [2.45, 2.75) is 57.0 Å². The summed E-state index contributed by atoms with van der Waals surface area (Å²) in [4.78, 5) is 0. The van der Waals surface area contributed by atoms with Crippen molar-refractivity contribution in [3.63, 3.8) is 0 Å². The van der Waals surface area contributed by atoms with Crippen molar-refractivity contribution in [3.8, 4) is 0 Å². The van der Waals surface area contributed by atoms with Crippen molar-refractivity contribution in [2.75, 3.05) is 6.61 Å². The smallest absolute Gasteiger partial charge is 0.369 e. The van der Waals surface area contributed by atoms with E-state index in [0.717, 1.165) is 12.8 Å². The molecule has 1 aliphatic carbocycles. The van der Waals surface area contributed by atoms with Crippen LogP contribution in [0.4, 0.5) is 13.2 Å². The molecule has 0 spiro atoms. The van der Waals surface area contributed by atoms with Crippen LogP contribution in [0.3, 0.4) is 0 Å². The van der Waals surface area contributed by atoms with Crippen LogP contribution >= 0.6 is 0 Å². The number of rotatable bonds is 5. The molecule has 1 saturated carbocycles. The fraction of sp³-hybridized carbons (Fsp3) is 0.625. The average Bonchev–Trinajstić information content (AvgIpc) is 2.46. The maximum Gasteiger partial charge on any atom is 0.411 e. The highest BCUT2D eigenvalue weighted by Gasteiger charge is 2.31. The Morgan fingerprint density at radius 3 is 2.62 bits per heavy atom. The van der Waals surface area contributed by atoms with E-state index in [4.69, 9.17) is 4.74 Å². The molecule has 2 nitrogen and oxygen atoms in total. The lowest BCUT2D eigenvalue weighted by atomic mass is 9.92. The Kier molecular flexibility index (Phi) is 5.65. The molecule has 118 valence electrons. The van der Waals surface area contributed by atoms with E-state index in [-0.39, 0.29) is 18.2 Å². The summed E-state index contributed by atoms with van der Waals surface area (Å²) in [5, 5.41) is 3.50. The number of halogens is 3. The second-order valence-electron chi connectivity index (χ2n) is 5.71. The zero-order chi connectivity index (χ0) is 15.3. The maximum absolute atomic E-state index is 12.2. The highest BCUT2D eigenvalue weighted by atomic mass is 19.4. The van der Waals surface area contributed by atoms with Crippen LogP contribution in [0, 0.1) is 0 Å². The molecule has 0 saturated heterocycles. The fourth-order valence-electron chi connectivity index (χ4n) is 2.85. The number of hydrogen-bond donors (Lipinski definition) is 1. The lowest BCUT2D eigenvalue weighted by Crippen LogP contribution is -2.39. The molecule has 5 heteroatoms. The molecule has 0 aromatic heterocycles. The van der Waals surface area contributed by atoms with Gasteiger partial charge in [-0.3, -0.25) is 0 Å². The second kappa shape index (κ2) is 7.27. The summed E-state index contributed by atoms with van der Waals surface area (Å²) in [5.74, 6) is 0. The van der Waals surface area contributed by atoms with Gasteiger partial charge in [-0.1, -0.05) is 30.3 Å². The van der Waals surface area contributed by atoms with Gasteiger partial charge in [-0.2, -0.15) is 13.2 Å². The number of alkyl halides is 3. The molecule has 1 fully saturated rings. The first-order chi connectivity index (χ1) is 9.94. The van der Waals surface area contributed by atoms with Crippen LogP contribution in [0.5, 0.6) is 0 Å². The van der Waals surface area contributed by atoms with Crippen LogP contribution in [0.1, 0.15) is 44.2 Å². The van der Waals surface area contributed by atoms with Crippen LogP contribution in [-0.4, -0.2) is 24.9 Å². The van der Waals surface area contributed by atoms with Gasteiger partial charge in [0.2, 0.25) is 0 Å². The van der Waals surface area contributed by atoms with Gasteiger partial charge in [0.15, 0.2) is 0 Å². The second-order valence-corrected chi connectivity index (χ2v) is 5.71. The van der Waals surface area contributed by atoms with Gasteiger partial charge in [0.05, 0.1) is 6.10 Å². The van der Waals surface area contributed by atoms with E-state index in [1.165, 1.54) is 5.56 Å². The molecule has 0 bridgehead atoms. The third kappa shape index (κ3) is 5.67. The first kappa shape index (κ1) is 16.3. The minimum absolute atomic E-state index is 0.192. The van der Waals surface area contributed by atoms with Gasteiger partial charge >= 0.3 is 6.18 Å². The average molecular weight is 301 g/mol. The summed E-state index contributed by atoms with van der Waals surface area (Å²) < 4.78 is 41.6. The Bertz CT molecular complexity index is 421. The lowest BCUT2D eigenvalue weighted by Gasteiger charge is -2.32. The highest BCUT2D eigenvalue weighted by Crippen LogP contribution is 2.26. The normalized spacial score (nSPS) is 24.8. The molecule has 0 heterocycles. The lowest BCUT2D eigenvalue weighted by molar-refractivity contribution is -0.188. The van der Waals surface area contributed by atoms with Crippen molar-refractivity contribution >= 4 is 0 Å². The Morgan fingerprint density at radius 2 is 1.95 bits per heavy atom. The van der Waals surface area contributed by atoms with Crippen LogP contribution in [-0.2, 0) is 4.74 Å². The van der Waals surface area contributed by atoms with Crippen LogP contribution in [0.2, 0.25) is 0 Å². The first-order valence-electron chi connectivity index (χ1n) is 7.43. The van der Waals surface area contributed by atoms with Crippen LogP contribution < -0.4 is 5.32 Å². The van der Waals surface area contributed by atoms with Gasteiger partial charge in [-0.05, 0) is 38.2 Å². The van der Waals surface area contributed by atoms with Crippen molar-refractivity contribution in [1.82, 2.24) is 5.32 Å². The van der Waals surface area contributed by atoms with Gasteiger partial charge in [-0.15, -0.1) is 0 Å². The molecular formula is C16H22F3NO. The van der Waals surface area contributed by atoms with E-state index < -0.39 is 12.8 Å². The topological polar surface area (TPSA) is 21.3 Å². The summed E-state index contributed by atoms with van der Waals surface area (Å²) in [5.41, 5.74) is 1.19. The zero-order valence-corrected chi connectivity index (χ0v) is 12.2. The Morgan fingerprint density at radius 1 is 1.24 bits per heavy atom. The fourth-order valence-corrected chi connectivity index (χ4v) is 2.85. The first-order valence-corrected chi connectivity index (χ1v) is 7.43. The summed E-state index contributed by atoms with van der Waals surface area (Å²) in [6.45, 7) is 0.939. The molecule has 1 aliphatic rings. The quantitative estimate of drug-likeness (QED) is 0.879. The largest absolute Gasteiger partial charge is 0.411 e. The Labute approximate surface area is 123 Å². The van der Waals surface area contributed by atoms with Gasteiger partial charge in [0, 0.05) is 12.1 Å². The monoisotopic (exact) mass is 301 g/mol. The van der Waals surface area contributed by atoms with Crippen molar-refractivity contribution < 1.29 is 17.9 Å². The van der Waals surface area contributed by atoms with Crippen molar-refractivity contribution in [1.29, 1.82) is 0 Å². The maximum atomic E-state index is 12.2. The molecular weight excluding hydrogens is 279 g/mol. The molecule has 1 aromatic rings. The van der Waals surface area contributed by atoms with E-state index in [2.05, 4.69) is 24.4 Å². The van der Waals surface area contributed by atoms with Gasteiger partial charge in [0.1, 0.15) is 6.61 Å². The van der Waals surface area contributed by atoms with E-state index in [0.29, 0.717) is 12.8 Å². The van der Waals surface area contributed by atoms with E-state index in [1.54, 1.807) is 0 Å². The molecule has 3 atom stereocenters. The molecule has 21 heavy (non-hydrogen) atoms. The Hall–Kier alpha value is -1.07. The highest BCUT2D eigenvalue weighted by molar-refractivity contribution is 5.18. The summed E-state index contributed by atoms with van der Waals surface area (Å²) >= 11 is 0. The van der Waals surface area contributed by atoms with Gasteiger partial charge in [0.25, 0.3) is 0 Å². The number of benzene rings is 1. The molecule has 0 radical (unpaired) electrons. The minimum Gasteiger partial charge on any atom is -0.369 e. The number of ether oxygens (including phenoxy) is 1.